The van der Waals surface area contributed by atoms with E-state index in [1.807, 2.05) is 0 Å². The van der Waals surface area contributed by atoms with Gasteiger partial charge >= 0.3 is 5.97 Å². The first-order chi connectivity index (χ1) is 8.54. The van der Waals surface area contributed by atoms with Crippen LogP contribution in [0.3, 0.4) is 0 Å². The molecule has 0 aliphatic heterocycles. The van der Waals surface area contributed by atoms with Crippen LogP contribution in [0.25, 0.3) is 0 Å². The summed E-state index contributed by atoms with van der Waals surface area (Å²) >= 11 is 1.35. The van der Waals surface area contributed by atoms with Crippen molar-refractivity contribution < 1.29 is 19.4 Å². The summed E-state index contributed by atoms with van der Waals surface area (Å²) in [5.41, 5.74) is 0.260. The minimum atomic E-state index is -1.05. The molecule has 1 amide bonds. The first-order valence-electron chi connectivity index (χ1n) is 5.49. The molecule has 0 spiro atoms. The zero-order valence-corrected chi connectivity index (χ0v) is 11.1. The normalized spacial score (nSPS) is 12.1. The smallest absolute Gasteiger partial charge is 0.326 e. The summed E-state index contributed by atoms with van der Waals surface area (Å²) in [6, 6.07) is -0.908. The number of nitrogens with one attached hydrogen (secondary N) is 1. The van der Waals surface area contributed by atoms with E-state index in [0.29, 0.717) is 19.4 Å². The van der Waals surface area contributed by atoms with E-state index >= 15 is 0 Å². The molecule has 1 heterocycles. The first-order valence-corrected chi connectivity index (χ1v) is 6.37. The SMILES string of the molecule is COCCCC(NC(=O)c1csc(C)n1)C(=O)O. The Labute approximate surface area is 109 Å². The Kier molecular flexibility index (Phi) is 5.73. The molecule has 0 aliphatic carbocycles. The lowest BCUT2D eigenvalue weighted by Crippen LogP contribution is -2.41. The molecule has 0 bridgehead atoms. The Morgan fingerprint density at radius 3 is 2.83 bits per heavy atom. The molecule has 100 valence electrons. The Balaban J connectivity index is 2.55. The van der Waals surface area contributed by atoms with Gasteiger partial charge in [-0.1, -0.05) is 0 Å². The Morgan fingerprint density at radius 1 is 1.61 bits per heavy atom. The number of thiazole rings is 1. The van der Waals surface area contributed by atoms with Crippen LogP contribution < -0.4 is 5.32 Å². The highest BCUT2D eigenvalue weighted by molar-refractivity contribution is 7.09. The van der Waals surface area contributed by atoms with Gasteiger partial charge in [-0.05, 0) is 19.8 Å². The summed E-state index contributed by atoms with van der Waals surface area (Å²) < 4.78 is 4.85. The molecule has 0 aliphatic rings. The van der Waals surface area contributed by atoms with Crippen LogP contribution in [0.15, 0.2) is 5.38 Å². The Hall–Kier alpha value is -1.47. The minimum absolute atomic E-state index is 0.260. The second-order valence-corrected chi connectivity index (χ2v) is 4.81. The zero-order valence-electron chi connectivity index (χ0n) is 10.3. The fourth-order valence-corrected chi connectivity index (χ4v) is 1.98. The van der Waals surface area contributed by atoms with E-state index in [0.717, 1.165) is 5.01 Å². The van der Waals surface area contributed by atoms with Gasteiger partial charge in [-0.2, -0.15) is 0 Å². The summed E-state index contributed by atoms with van der Waals surface area (Å²) in [5.74, 6) is -1.50. The number of carboxylic acid groups (broad SMARTS) is 1. The number of hydrogen-bond donors (Lipinski definition) is 2. The predicted octanol–water partition coefficient (Wildman–Crippen LogP) is 1.06. The van der Waals surface area contributed by atoms with Gasteiger partial charge in [-0.25, -0.2) is 9.78 Å². The maximum absolute atomic E-state index is 11.7. The average molecular weight is 272 g/mol. The van der Waals surface area contributed by atoms with Gasteiger partial charge in [-0.3, -0.25) is 4.79 Å². The molecule has 6 nitrogen and oxygen atoms in total. The zero-order chi connectivity index (χ0) is 13.5. The summed E-state index contributed by atoms with van der Waals surface area (Å²) in [6.07, 6.45) is 0.905. The number of hydrogen-bond acceptors (Lipinski definition) is 5. The van der Waals surface area contributed by atoms with E-state index in [2.05, 4.69) is 10.3 Å². The molecular formula is C11H16N2O4S. The van der Waals surface area contributed by atoms with Gasteiger partial charge in [0.2, 0.25) is 0 Å². The monoisotopic (exact) mass is 272 g/mol. The molecular weight excluding hydrogens is 256 g/mol. The fourth-order valence-electron chi connectivity index (χ4n) is 1.39. The van der Waals surface area contributed by atoms with Crippen molar-refractivity contribution in [2.75, 3.05) is 13.7 Å². The highest BCUT2D eigenvalue weighted by atomic mass is 32.1. The van der Waals surface area contributed by atoms with Crippen LogP contribution in [0.4, 0.5) is 0 Å². The van der Waals surface area contributed by atoms with Crippen LogP contribution in [0.1, 0.15) is 28.3 Å². The first kappa shape index (κ1) is 14.6. The van der Waals surface area contributed by atoms with E-state index in [9.17, 15) is 9.59 Å². The maximum atomic E-state index is 11.7. The molecule has 1 atom stereocenters. The molecule has 0 radical (unpaired) electrons. The van der Waals surface area contributed by atoms with Crippen molar-refractivity contribution >= 4 is 23.2 Å². The molecule has 1 unspecified atom stereocenters. The van der Waals surface area contributed by atoms with Gasteiger partial charge in [0, 0.05) is 19.1 Å². The van der Waals surface area contributed by atoms with Gasteiger partial charge in [0.1, 0.15) is 11.7 Å². The third kappa shape index (κ3) is 4.42. The van der Waals surface area contributed by atoms with Gasteiger partial charge in [-0.15, -0.1) is 11.3 Å². The molecule has 1 aromatic rings. The lowest BCUT2D eigenvalue weighted by atomic mass is 10.1. The maximum Gasteiger partial charge on any atom is 0.326 e. The van der Waals surface area contributed by atoms with Crippen LogP contribution in [0, 0.1) is 6.92 Å². The third-order valence-corrected chi connectivity index (χ3v) is 3.07. The molecule has 7 heteroatoms. The molecule has 18 heavy (non-hydrogen) atoms. The highest BCUT2D eigenvalue weighted by Gasteiger charge is 2.21. The van der Waals surface area contributed by atoms with Crippen molar-refractivity contribution in [2.24, 2.45) is 0 Å². The number of carbonyl (C=O) groups is 2. The minimum Gasteiger partial charge on any atom is -0.480 e. The number of carboxylic acids is 1. The highest BCUT2D eigenvalue weighted by Crippen LogP contribution is 2.08. The fraction of sp³-hybridized carbons (Fsp3) is 0.545. The van der Waals surface area contributed by atoms with Crippen molar-refractivity contribution in [3.63, 3.8) is 0 Å². The van der Waals surface area contributed by atoms with Crippen LogP contribution >= 0.6 is 11.3 Å². The predicted molar refractivity (Wildman–Crippen MR) is 66.9 cm³/mol. The number of aryl methyl sites for hydroxylation is 1. The number of nitrogens with zero attached hydrogens (tertiary/aromatic N) is 1. The Morgan fingerprint density at radius 2 is 2.33 bits per heavy atom. The van der Waals surface area contributed by atoms with E-state index in [1.165, 1.54) is 11.3 Å². The largest absolute Gasteiger partial charge is 0.480 e. The lowest BCUT2D eigenvalue weighted by molar-refractivity contribution is -0.139. The van der Waals surface area contributed by atoms with E-state index < -0.39 is 17.9 Å². The molecule has 1 rings (SSSR count). The number of rotatable bonds is 7. The van der Waals surface area contributed by atoms with Gasteiger partial charge in [0.25, 0.3) is 5.91 Å². The van der Waals surface area contributed by atoms with Crippen LogP contribution in [-0.2, 0) is 9.53 Å². The topological polar surface area (TPSA) is 88.5 Å². The number of aromatic nitrogens is 1. The quantitative estimate of drug-likeness (QED) is 0.725. The number of aliphatic carboxylic acids is 1. The number of carbonyl (C=O) groups excluding carboxylic acids is 1. The standard InChI is InChI=1S/C11H16N2O4S/c1-7-12-9(6-18-7)10(14)13-8(11(15)16)4-3-5-17-2/h6,8H,3-5H2,1-2H3,(H,13,14)(H,15,16). The van der Waals surface area contributed by atoms with E-state index in [4.69, 9.17) is 9.84 Å². The van der Waals surface area contributed by atoms with Crippen LogP contribution in [0.5, 0.6) is 0 Å². The second kappa shape index (κ2) is 7.07. The van der Waals surface area contributed by atoms with Crippen molar-refractivity contribution in [1.82, 2.24) is 10.3 Å². The molecule has 0 fully saturated rings. The van der Waals surface area contributed by atoms with Crippen LogP contribution in [-0.4, -0.2) is 41.7 Å². The van der Waals surface area contributed by atoms with Gasteiger partial charge in [0.15, 0.2) is 0 Å². The molecule has 1 aromatic heterocycles. The molecule has 0 saturated heterocycles. The molecule has 2 N–H and O–H groups in total. The van der Waals surface area contributed by atoms with E-state index in [1.54, 1.807) is 19.4 Å². The number of methoxy groups -OCH3 is 1. The van der Waals surface area contributed by atoms with Crippen molar-refractivity contribution in [3.05, 3.63) is 16.1 Å². The summed E-state index contributed by atoms with van der Waals surface area (Å²) in [4.78, 5) is 26.7. The number of ether oxygens (including phenoxy) is 1. The summed E-state index contributed by atoms with van der Waals surface area (Å²) in [7, 11) is 1.55. The number of amides is 1. The second-order valence-electron chi connectivity index (χ2n) is 3.75. The van der Waals surface area contributed by atoms with Gasteiger partial charge < -0.3 is 15.2 Å². The van der Waals surface area contributed by atoms with Crippen molar-refractivity contribution in [3.8, 4) is 0 Å². The molecule has 0 aromatic carbocycles. The summed E-state index contributed by atoms with van der Waals surface area (Å²) in [5, 5.41) is 13.8. The lowest BCUT2D eigenvalue weighted by Gasteiger charge is -2.13. The van der Waals surface area contributed by atoms with Crippen molar-refractivity contribution in [1.29, 1.82) is 0 Å². The third-order valence-electron chi connectivity index (χ3n) is 2.30. The molecule has 0 saturated carbocycles. The van der Waals surface area contributed by atoms with E-state index in [-0.39, 0.29) is 5.69 Å². The average Bonchev–Trinajstić information content (AvgIpc) is 2.74. The summed E-state index contributed by atoms with van der Waals surface area (Å²) in [6.45, 7) is 2.25. The van der Waals surface area contributed by atoms with Crippen molar-refractivity contribution in [2.45, 2.75) is 25.8 Å². The van der Waals surface area contributed by atoms with Crippen LogP contribution in [0.2, 0.25) is 0 Å². The Bertz CT molecular complexity index is 419. The van der Waals surface area contributed by atoms with Gasteiger partial charge in [0.05, 0.1) is 5.01 Å².